The maximum atomic E-state index is 5.08. The second-order valence-electron chi connectivity index (χ2n) is 5.18. The van der Waals surface area contributed by atoms with E-state index >= 15 is 0 Å². The summed E-state index contributed by atoms with van der Waals surface area (Å²) >= 11 is 0. The molecule has 3 heterocycles. The van der Waals surface area contributed by atoms with Gasteiger partial charge in [0, 0.05) is 30.9 Å². The number of aryl methyl sites for hydroxylation is 1. The van der Waals surface area contributed by atoms with Crippen molar-refractivity contribution in [3.05, 3.63) is 46.7 Å². The summed E-state index contributed by atoms with van der Waals surface area (Å²) < 4.78 is 5.08. The quantitative estimate of drug-likeness (QED) is 0.925. The van der Waals surface area contributed by atoms with Crippen molar-refractivity contribution in [3.63, 3.8) is 0 Å². The molecule has 2 aromatic rings. The van der Waals surface area contributed by atoms with Crippen LogP contribution in [-0.4, -0.2) is 28.6 Å². The molecule has 0 radical (unpaired) electrons. The van der Waals surface area contributed by atoms with E-state index in [9.17, 15) is 0 Å². The molecule has 0 saturated heterocycles. The van der Waals surface area contributed by atoms with Gasteiger partial charge in [-0.15, -0.1) is 0 Å². The highest BCUT2D eigenvalue weighted by Crippen LogP contribution is 2.18. The number of nitrogens with one attached hydrogen (secondary N) is 1. The summed E-state index contributed by atoms with van der Waals surface area (Å²) in [5, 5.41) is 3.38. The van der Waals surface area contributed by atoms with Gasteiger partial charge < -0.3 is 10.1 Å². The standard InChI is InChI=1S/C16H20N4O/c1-3-13-12-6-7-17-10-14(12)20-15(19-13)8-11-4-5-16(21-2)18-9-11/h4-5,9,17H,3,6-8,10H2,1-2H3. The van der Waals surface area contributed by atoms with E-state index in [2.05, 4.69) is 17.2 Å². The molecule has 0 aliphatic carbocycles. The van der Waals surface area contributed by atoms with Crippen molar-refractivity contribution in [1.82, 2.24) is 20.3 Å². The first-order valence-electron chi connectivity index (χ1n) is 7.37. The number of hydrogen-bond donors (Lipinski definition) is 1. The topological polar surface area (TPSA) is 59.9 Å². The maximum Gasteiger partial charge on any atom is 0.212 e. The molecule has 0 fully saturated rings. The average Bonchev–Trinajstić information content (AvgIpc) is 2.55. The lowest BCUT2D eigenvalue weighted by Crippen LogP contribution is -2.27. The largest absolute Gasteiger partial charge is 0.481 e. The Hall–Kier alpha value is -2.01. The molecule has 0 unspecified atom stereocenters. The Morgan fingerprint density at radius 1 is 1.29 bits per heavy atom. The highest BCUT2D eigenvalue weighted by atomic mass is 16.5. The van der Waals surface area contributed by atoms with E-state index in [1.807, 2.05) is 18.3 Å². The summed E-state index contributed by atoms with van der Waals surface area (Å²) in [6, 6.07) is 3.88. The summed E-state index contributed by atoms with van der Waals surface area (Å²) in [6.45, 7) is 4.02. The van der Waals surface area contributed by atoms with Gasteiger partial charge in [-0.1, -0.05) is 13.0 Å². The van der Waals surface area contributed by atoms with Crippen LogP contribution in [0.4, 0.5) is 0 Å². The fraction of sp³-hybridized carbons (Fsp3) is 0.438. The maximum absolute atomic E-state index is 5.08. The van der Waals surface area contributed by atoms with Crippen molar-refractivity contribution >= 4 is 0 Å². The fourth-order valence-corrected chi connectivity index (χ4v) is 2.68. The number of fused-ring (bicyclic) bond motifs is 1. The minimum absolute atomic E-state index is 0.628. The molecule has 5 heteroatoms. The Balaban J connectivity index is 1.87. The normalized spacial score (nSPS) is 13.8. The van der Waals surface area contributed by atoms with Crippen molar-refractivity contribution in [2.45, 2.75) is 32.7 Å². The Morgan fingerprint density at radius 2 is 2.19 bits per heavy atom. The molecule has 3 rings (SSSR count). The van der Waals surface area contributed by atoms with Crippen LogP contribution in [0.2, 0.25) is 0 Å². The molecule has 0 amide bonds. The highest BCUT2D eigenvalue weighted by molar-refractivity contribution is 5.30. The van der Waals surface area contributed by atoms with Crippen LogP contribution in [0.25, 0.3) is 0 Å². The zero-order valence-electron chi connectivity index (χ0n) is 12.5. The predicted octanol–water partition coefficient (Wildman–Crippen LogP) is 1.68. The summed E-state index contributed by atoms with van der Waals surface area (Å²) in [4.78, 5) is 13.7. The van der Waals surface area contributed by atoms with Crippen LogP contribution in [0.1, 0.15) is 35.3 Å². The van der Waals surface area contributed by atoms with Gasteiger partial charge in [0.2, 0.25) is 5.88 Å². The van der Waals surface area contributed by atoms with Gasteiger partial charge in [-0.2, -0.15) is 0 Å². The molecule has 0 bridgehead atoms. The van der Waals surface area contributed by atoms with E-state index in [1.165, 1.54) is 11.3 Å². The number of methoxy groups -OCH3 is 1. The Kier molecular flexibility index (Phi) is 4.10. The Bertz CT molecular complexity index is 608. The van der Waals surface area contributed by atoms with Crippen LogP contribution in [0, 0.1) is 0 Å². The third kappa shape index (κ3) is 3.03. The molecule has 1 N–H and O–H groups in total. The monoisotopic (exact) mass is 284 g/mol. The molecule has 0 aromatic carbocycles. The van der Waals surface area contributed by atoms with Gasteiger partial charge >= 0.3 is 0 Å². The Morgan fingerprint density at radius 3 is 2.90 bits per heavy atom. The second kappa shape index (κ2) is 6.18. The van der Waals surface area contributed by atoms with E-state index in [0.29, 0.717) is 12.3 Å². The second-order valence-corrected chi connectivity index (χ2v) is 5.18. The third-order valence-electron chi connectivity index (χ3n) is 3.77. The predicted molar refractivity (Wildman–Crippen MR) is 80.4 cm³/mol. The molecule has 5 nitrogen and oxygen atoms in total. The average molecular weight is 284 g/mol. The van der Waals surface area contributed by atoms with Crippen molar-refractivity contribution in [3.8, 4) is 5.88 Å². The fourth-order valence-electron chi connectivity index (χ4n) is 2.68. The van der Waals surface area contributed by atoms with Crippen molar-refractivity contribution in [2.24, 2.45) is 0 Å². The van der Waals surface area contributed by atoms with Crippen molar-refractivity contribution < 1.29 is 4.74 Å². The van der Waals surface area contributed by atoms with Gasteiger partial charge in [-0.25, -0.2) is 15.0 Å². The first-order chi connectivity index (χ1) is 10.3. The van der Waals surface area contributed by atoms with Gasteiger partial charge in [0.05, 0.1) is 12.8 Å². The van der Waals surface area contributed by atoms with Crippen LogP contribution in [-0.2, 0) is 25.8 Å². The first kappa shape index (κ1) is 13.9. The molecular weight excluding hydrogens is 264 g/mol. The van der Waals surface area contributed by atoms with Crippen molar-refractivity contribution in [1.29, 1.82) is 0 Å². The minimum Gasteiger partial charge on any atom is -0.481 e. The molecule has 0 spiro atoms. The lowest BCUT2D eigenvalue weighted by atomic mass is 10.0. The molecule has 0 atom stereocenters. The Labute approximate surface area is 124 Å². The molecule has 21 heavy (non-hydrogen) atoms. The van der Waals surface area contributed by atoms with Gasteiger partial charge in [-0.3, -0.25) is 0 Å². The number of nitrogens with zero attached hydrogens (tertiary/aromatic N) is 3. The smallest absolute Gasteiger partial charge is 0.212 e. The van der Waals surface area contributed by atoms with Crippen LogP contribution in [0.5, 0.6) is 5.88 Å². The van der Waals surface area contributed by atoms with E-state index in [4.69, 9.17) is 14.7 Å². The lowest BCUT2D eigenvalue weighted by Gasteiger charge is -2.19. The SMILES string of the molecule is CCc1nc(Cc2ccc(OC)nc2)nc2c1CCNC2. The number of ether oxygens (including phenoxy) is 1. The molecule has 2 aromatic heterocycles. The third-order valence-corrected chi connectivity index (χ3v) is 3.77. The molecule has 0 saturated carbocycles. The minimum atomic E-state index is 0.628. The number of pyridine rings is 1. The number of hydrogen-bond acceptors (Lipinski definition) is 5. The van der Waals surface area contributed by atoms with Gasteiger partial charge in [0.15, 0.2) is 0 Å². The number of aromatic nitrogens is 3. The number of rotatable bonds is 4. The van der Waals surface area contributed by atoms with Gasteiger partial charge in [-0.05, 0) is 30.5 Å². The summed E-state index contributed by atoms with van der Waals surface area (Å²) in [5.41, 5.74) is 4.79. The van der Waals surface area contributed by atoms with E-state index in [-0.39, 0.29) is 0 Å². The molecule has 1 aliphatic heterocycles. The van der Waals surface area contributed by atoms with Crippen LogP contribution < -0.4 is 10.1 Å². The molecule has 110 valence electrons. The van der Waals surface area contributed by atoms with Crippen LogP contribution in [0.15, 0.2) is 18.3 Å². The first-order valence-corrected chi connectivity index (χ1v) is 7.37. The van der Waals surface area contributed by atoms with Crippen LogP contribution in [0.3, 0.4) is 0 Å². The van der Waals surface area contributed by atoms with E-state index in [0.717, 1.165) is 43.0 Å². The highest BCUT2D eigenvalue weighted by Gasteiger charge is 2.16. The zero-order chi connectivity index (χ0) is 14.7. The molecular formula is C16H20N4O. The zero-order valence-corrected chi connectivity index (χ0v) is 12.5. The van der Waals surface area contributed by atoms with E-state index < -0.39 is 0 Å². The van der Waals surface area contributed by atoms with Gasteiger partial charge in [0.25, 0.3) is 0 Å². The molecule has 1 aliphatic rings. The summed E-state index contributed by atoms with van der Waals surface area (Å²) in [7, 11) is 1.62. The van der Waals surface area contributed by atoms with E-state index in [1.54, 1.807) is 7.11 Å². The summed E-state index contributed by atoms with van der Waals surface area (Å²) in [5.74, 6) is 1.50. The van der Waals surface area contributed by atoms with Crippen LogP contribution >= 0.6 is 0 Å². The lowest BCUT2D eigenvalue weighted by molar-refractivity contribution is 0.397. The van der Waals surface area contributed by atoms with Gasteiger partial charge in [0.1, 0.15) is 5.82 Å². The summed E-state index contributed by atoms with van der Waals surface area (Å²) in [6.07, 6.45) is 4.52. The van der Waals surface area contributed by atoms with Crippen molar-refractivity contribution in [2.75, 3.05) is 13.7 Å².